The molecule has 0 bridgehead atoms. The Hall–Kier alpha value is -0.820. The van der Waals surface area contributed by atoms with Gasteiger partial charge in [-0.05, 0) is 30.8 Å². The Morgan fingerprint density at radius 2 is 2.05 bits per heavy atom. The molecular formula is C14H19BrClN3OS. The molecule has 2 aromatic rings. The minimum atomic E-state index is 0. The third kappa shape index (κ3) is 6.22. The second kappa shape index (κ2) is 9.25. The molecule has 7 heteroatoms. The van der Waals surface area contributed by atoms with E-state index in [1.165, 1.54) is 4.88 Å². The molecule has 4 nitrogen and oxygen atoms in total. The first kappa shape index (κ1) is 18.2. The molecule has 0 aliphatic carbocycles. The Kier molecular flexibility index (Phi) is 8.03. The summed E-state index contributed by atoms with van der Waals surface area (Å²) in [4.78, 5) is 7.57. The summed E-state index contributed by atoms with van der Waals surface area (Å²) < 4.78 is 6.79. The summed E-state index contributed by atoms with van der Waals surface area (Å²) in [6.45, 7) is 5.54. The van der Waals surface area contributed by atoms with Crippen molar-refractivity contribution in [1.82, 2.24) is 9.88 Å². The number of nitrogens with two attached hydrogens (primary N) is 1. The van der Waals surface area contributed by atoms with Crippen LogP contribution in [0.1, 0.15) is 11.8 Å². The Morgan fingerprint density at radius 1 is 1.33 bits per heavy atom. The van der Waals surface area contributed by atoms with E-state index in [2.05, 4.69) is 32.7 Å². The van der Waals surface area contributed by atoms with Crippen LogP contribution in [-0.2, 0) is 6.54 Å². The molecule has 0 amide bonds. The van der Waals surface area contributed by atoms with Gasteiger partial charge in [-0.15, -0.1) is 23.7 Å². The van der Waals surface area contributed by atoms with Crippen LogP contribution in [-0.4, -0.2) is 29.6 Å². The van der Waals surface area contributed by atoms with Crippen LogP contribution in [0.4, 0.5) is 5.13 Å². The Labute approximate surface area is 143 Å². The number of ether oxygens (including phenoxy) is 1. The number of thiazole rings is 1. The maximum atomic E-state index is 5.74. The van der Waals surface area contributed by atoms with E-state index < -0.39 is 0 Å². The normalized spacial score (nSPS) is 10.4. The molecule has 0 spiro atoms. The number of benzene rings is 1. The van der Waals surface area contributed by atoms with E-state index in [4.69, 9.17) is 10.5 Å². The Morgan fingerprint density at radius 3 is 2.62 bits per heavy atom. The molecule has 1 heterocycles. The predicted octanol–water partition coefficient (Wildman–Crippen LogP) is 3.81. The minimum Gasteiger partial charge on any atom is -0.492 e. The molecule has 0 saturated heterocycles. The van der Waals surface area contributed by atoms with Gasteiger partial charge in [0.15, 0.2) is 5.13 Å². The van der Waals surface area contributed by atoms with E-state index in [1.54, 1.807) is 11.3 Å². The molecule has 0 atom stereocenters. The maximum absolute atomic E-state index is 5.74. The van der Waals surface area contributed by atoms with Crippen LogP contribution < -0.4 is 10.5 Å². The second-order valence-electron chi connectivity index (χ2n) is 4.34. The summed E-state index contributed by atoms with van der Waals surface area (Å²) in [6.07, 6.45) is 1.85. The van der Waals surface area contributed by atoms with Gasteiger partial charge in [-0.1, -0.05) is 22.9 Å². The number of likely N-dealkylation sites (N-methyl/N-ethyl adjacent to an activating group) is 1. The van der Waals surface area contributed by atoms with Crippen LogP contribution >= 0.6 is 39.7 Å². The number of hydrogen-bond donors (Lipinski definition) is 1. The van der Waals surface area contributed by atoms with Crippen LogP contribution in [0, 0.1) is 0 Å². The summed E-state index contributed by atoms with van der Waals surface area (Å²) in [5.41, 5.74) is 5.64. The average Bonchev–Trinajstić information content (AvgIpc) is 2.85. The lowest BCUT2D eigenvalue weighted by Crippen LogP contribution is -2.27. The van der Waals surface area contributed by atoms with Crippen LogP contribution in [0.25, 0.3) is 0 Å². The fourth-order valence-corrected chi connectivity index (χ4v) is 2.78. The third-order valence-corrected chi connectivity index (χ3v) is 4.23. The van der Waals surface area contributed by atoms with Crippen molar-refractivity contribution in [3.63, 3.8) is 0 Å². The van der Waals surface area contributed by atoms with Crippen molar-refractivity contribution in [2.45, 2.75) is 13.5 Å². The quantitative estimate of drug-likeness (QED) is 0.778. The summed E-state index contributed by atoms with van der Waals surface area (Å²) in [5, 5.41) is 0.627. The fourth-order valence-electron chi connectivity index (χ4n) is 1.79. The van der Waals surface area contributed by atoms with Crippen molar-refractivity contribution in [2.75, 3.05) is 25.4 Å². The largest absolute Gasteiger partial charge is 0.492 e. The van der Waals surface area contributed by atoms with Gasteiger partial charge in [-0.2, -0.15) is 0 Å². The number of anilines is 1. The molecule has 0 radical (unpaired) electrons. The summed E-state index contributed by atoms with van der Waals surface area (Å²) in [7, 11) is 0. The molecule has 0 aliphatic heterocycles. The van der Waals surface area contributed by atoms with Gasteiger partial charge in [0, 0.05) is 28.6 Å². The maximum Gasteiger partial charge on any atom is 0.180 e. The van der Waals surface area contributed by atoms with E-state index in [0.717, 1.165) is 29.9 Å². The van der Waals surface area contributed by atoms with E-state index in [9.17, 15) is 0 Å². The van der Waals surface area contributed by atoms with Gasteiger partial charge in [-0.3, -0.25) is 4.90 Å². The molecule has 0 saturated carbocycles. The first-order valence-electron chi connectivity index (χ1n) is 6.48. The highest BCUT2D eigenvalue weighted by Gasteiger charge is 2.06. The Bertz CT molecular complexity index is 535. The van der Waals surface area contributed by atoms with Crippen molar-refractivity contribution >= 4 is 44.8 Å². The topological polar surface area (TPSA) is 51.4 Å². The first-order valence-corrected chi connectivity index (χ1v) is 8.09. The molecule has 0 fully saturated rings. The monoisotopic (exact) mass is 391 g/mol. The van der Waals surface area contributed by atoms with Gasteiger partial charge in [-0.25, -0.2) is 4.98 Å². The molecule has 1 aromatic heterocycles. The van der Waals surface area contributed by atoms with Crippen LogP contribution in [0.3, 0.4) is 0 Å². The number of rotatable bonds is 7. The molecule has 2 N–H and O–H groups in total. The van der Waals surface area contributed by atoms with Gasteiger partial charge in [0.05, 0.1) is 0 Å². The molecule has 0 unspecified atom stereocenters. The van der Waals surface area contributed by atoms with Crippen molar-refractivity contribution < 1.29 is 4.74 Å². The molecule has 1 aromatic carbocycles. The molecular weight excluding hydrogens is 374 g/mol. The van der Waals surface area contributed by atoms with Crippen LogP contribution in [0.15, 0.2) is 34.9 Å². The minimum absolute atomic E-state index is 0. The zero-order chi connectivity index (χ0) is 14.4. The van der Waals surface area contributed by atoms with E-state index >= 15 is 0 Å². The zero-order valence-electron chi connectivity index (χ0n) is 11.8. The number of halogens is 2. The number of hydrogen-bond acceptors (Lipinski definition) is 5. The van der Waals surface area contributed by atoms with Gasteiger partial charge in [0.1, 0.15) is 12.4 Å². The highest BCUT2D eigenvalue weighted by Crippen LogP contribution is 2.17. The van der Waals surface area contributed by atoms with E-state index in [1.807, 2.05) is 30.5 Å². The van der Waals surface area contributed by atoms with Crippen molar-refractivity contribution in [3.05, 3.63) is 39.8 Å². The number of nitrogens with zero attached hydrogens (tertiary/aromatic N) is 2. The predicted molar refractivity (Wildman–Crippen MR) is 94.4 cm³/mol. The lowest BCUT2D eigenvalue weighted by molar-refractivity contribution is 0.211. The molecule has 116 valence electrons. The van der Waals surface area contributed by atoms with Crippen molar-refractivity contribution in [2.24, 2.45) is 0 Å². The average molecular weight is 393 g/mol. The summed E-state index contributed by atoms with van der Waals surface area (Å²) in [6, 6.07) is 7.88. The fraction of sp³-hybridized carbons (Fsp3) is 0.357. The SMILES string of the molecule is CCN(CCOc1ccc(Br)cc1)Cc1cnc(N)s1.Cl. The van der Waals surface area contributed by atoms with Gasteiger partial charge >= 0.3 is 0 Å². The number of aromatic nitrogens is 1. The van der Waals surface area contributed by atoms with Gasteiger partial charge < -0.3 is 10.5 Å². The van der Waals surface area contributed by atoms with Crippen molar-refractivity contribution in [3.8, 4) is 5.75 Å². The summed E-state index contributed by atoms with van der Waals surface area (Å²) >= 11 is 4.95. The van der Waals surface area contributed by atoms with E-state index in [-0.39, 0.29) is 12.4 Å². The molecule has 0 aliphatic rings. The highest BCUT2D eigenvalue weighted by molar-refractivity contribution is 9.10. The molecule has 2 rings (SSSR count). The van der Waals surface area contributed by atoms with Crippen LogP contribution in [0.5, 0.6) is 5.75 Å². The number of nitrogen functional groups attached to an aromatic ring is 1. The first-order chi connectivity index (χ1) is 9.67. The van der Waals surface area contributed by atoms with Gasteiger partial charge in [0.2, 0.25) is 0 Å². The standard InChI is InChI=1S/C14H18BrN3OS.ClH/c1-2-18(10-13-9-17-14(16)20-13)7-8-19-12-5-3-11(15)4-6-12;/h3-6,9H,2,7-8,10H2,1H3,(H2,16,17);1H. The zero-order valence-corrected chi connectivity index (χ0v) is 15.0. The van der Waals surface area contributed by atoms with Crippen LogP contribution in [0.2, 0.25) is 0 Å². The highest BCUT2D eigenvalue weighted by atomic mass is 79.9. The summed E-state index contributed by atoms with van der Waals surface area (Å²) in [5.74, 6) is 0.895. The third-order valence-electron chi connectivity index (χ3n) is 2.89. The second-order valence-corrected chi connectivity index (χ2v) is 6.40. The van der Waals surface area contributed by atoms with Crippen molar-refractivity contribution in [1.29, 1.82) is 0 Å². The lowest BCUT2D eigenvalue weighted by atomic mass is 10.3. The lowest BCUT2D eigenvalue weighted by Gasteiger charge is -2.19. The Balaban J connectivity index is 0.00000220. The van der Waals surface area contributed by atoms with Gasteiger partial charge in [0.25, 0.3) is 0 Å². The smallest absolute Gasteiger partial charge is 0.180 e. The molecule has 21 heavy (non-hydrogen) atoms. The van der Waals surface area contributed by atoms with E-state index in [0.29, 0.717) is 11.7 Å².